The van der Waals surface area contributed by atoms with Gasteiger partial charge in [0.2, 0.25) is 0 Å². The van der Waals surface area contributed by atoms with E-state index < -0.39 is 11.4 Å². The highest BCUT2D eigenvalue weighted by atomic mass is 16.4. The molecule has 0 spiro atoms. The first-order chi connectivity index (χ1) is 11.2. The standard InChI is InChI=1S/C21H36O3/c1-13(2)16-10-14-6-7-18-20(3,17(14)11-15(16)12-22)8-5-9-21(18,4)19(23)24/h13-18,22H,5-12H2,1-4H3,(H,23,24)/t14-,15+,16+,17+,18+,20+,21+/m0/s1. The fourth-order valence-corrected chi connectivity index (χ4v) is 7.19. The van der Waals surface area contributed by atoms with Crippen LogP contribution in [0.15, 0.2) is 0 Å². The highest BCUT2D eigenvalue weighted by Crippen LogP contribution is 2.65. The minimum atomic E-state index is -0.591. The highest BCUT2D eigenvalue weighted by Gasteiger charge is 2.60. The predicted octanol–water partition coefficient (Wildman–Crippen LogP) is 4.58. The molecule has 0 aromatic carbocycles. The van der Waals surface area contributed by atoms with Crippen molar-refractivity contribution in [1.82, 2.24) is 0 Å². The van der Waals surface area contributed by atoms with Crippen molar-refractivity contribution in [3.63, 3.8) is 0 Å². The highest BCUT2D eigenvalue weighted by molar-refractivity contribution is 5.75. The Balaban J connectivity index is 1.90. The predicted molar refractivity (Wildman–Crippen MR) is 95.5 cm³/mol. The van der Waals surface area contributed by atoms with Crippen molar-refractivity contribution in [2.24, 2.45) is 46.3 Å². The maximum atomic E-state index is 12.1. The van der Waals surface area contributed by atoms with Gasteiger partial charge in [0, 0.05) is 6.61 Å². The molecule has 0 aromatic rings. The first-order valence-corrected chi connectivity index (χ1v) is 10.1. The fraction of sp³-hybridized carbons (Fsp3) is 0.952. The molecule has 0 saturated heterocycles. The lowest BCUT2D eigenvalue weighted by Crippen LogP contribution is -2.57. The number of hydrogen-bond acceptors (Lipinski definition) is 2. The van der Waals surface area contributed by atoms with Gasteiger partial charge in [-0.1, -0.05) is 27.2 Å². The number of fused-ring (bicyclic) bond motifs is 3. The van der Waals surface area contributed by atoms with Gasteiger partial charge in [0.05, 0.1) is 5.41 Å². The minimum absolute atomic E-state index is 0.143. The third-order valence-electron chi connectivity index (χ3n) is 8.54. The Kier molecular flexibility index (Phi) is 4.79. The second-order valence-electron chi connectivity index (χ2n) is 9.90. The van der Waals surface area contributed by atoms with E-state index in [-0.39, 0.29) is 5.41 Å². The van der Waals surface area contributed by atoms with Crippen molar-refractivity contribution < 1.29 is 15.0 Å². The van der Waals surface area contributed by atoms with Gasteiger partial charge in [-0.25, -0.2) is 0 Å². The summed E-state index contributed by atoms with van der Waals surface area (Å²) in [6.45, 7) is 9.27. The van der Waals surface area contributed by atoms with Crippen LogP contribution in [0.2, 0.25) is 0 Å². The maximum Gasteiger partial charge on any atom is 0.309 e. The van der Waals surface area contributed by atoms with E-state index in [1.165, 1.54) is 19.3 Å². The monoisotopic (exact) mass is 336 g/mol. The van der Waals surface area contributed by atoms with Crippen molar-refractivity contribution in [2.75, 3.05) is 6.61 Å². The van der Waals surface area contributed by atoms with Crippen molar-refractivity contribution in [1.29, 1.82) is 0 Å². The number of aliphatic hydroxyl groups is 1. The zero-order valence-corrected chi connectivity index (χ0v) is 15.9. The summed E-state index contributed by atoms with van der Waals surface area (Å²) in [5.41, 5.74) is -0.411. The van der Waals surface area contributed by atoms with E-state index in [2.05, 4.69) is 20.8 Å². The molecule has 3 fully saturated rings. The first kappa shape index (κ1) is 18.2. The smallest absolute Gasteiger partial charge is 0.309 e. The van der Waals surface area contributed by atoms with Gasteiger partial charge in [0.1, 0.15) is 0 Å². The number of carbonyl (C=O) groups is 1. The second-order valence-corrected chi connectivity index (χ2v) is 9.90. The molecule has 0 radical (unpaired) electrons. The molecule has 3 saturated carbocycles. The van der Waals surface area contributed by atoms with E-state index in [0.717, 1.165) is 31.6 Å². The molecule has 138 valence electrons. The van der Waals surface area contributed by atoms with Gasteiger partial charge in [-0.2, -0.15) is 0 Å². The molecule has 3 nitrogen and oxygen atoms in total. The summed E-state index contributed by atoms with van der Waals surface area (Å²) >= 11 is 0. The van der Waals surface area contributed by atoms with Crippen LogP contribution in [0.1, 0.15) is 72.6 Å². The van der Waals surface area contributed by atoms with Gasteiger partial charge in [-0.05, 0) is 86.4 Å². The zero-order valence-electron chi connectivity index (χ0n) is 15.9. The normalized spacial score (nSPS) is 48.7. The molecule has 0 aliphatic heterocycles. The summed E-state index contributed by atoms with van der Waals surface area (Å²) < 4.78 is 0. The molecular weight excluding hydrogens is 300 g/mol. The Bertz CT molecular complexity index is 487. The summed E-state index contributed by atoms with van der Waals surface area (Å²) in [7, 11) is 0. The number of carboxylic acid groups (broad SMARTS) is 1. The molecule has 7 atom stereocenters. The Morgan fingerprint density at radius 3 is 2.46 bits per heavy atom. The Morgan fingerprint density at radius 2 is 1.88 bits per heavy atom. The third kappa shape index (κ3) is 2.62. The number of aliphatic carboxylic acids is 1. The maximum absolute atomic E-state index is 12.1. The molecule has 3 heteroatoms. The average molecular weight is 337 g/mol. The minimum Gasteiger partial charge on any atom is -0.481 e. The van der Waals surface area contributed by atoms with Gasteiger partial charge >= 0.3 is 5.97 Å². The lowest BCUT2D eigenvalue weighted by Gasteiger charge is -2.61. The zero-order chi connectivity index (χ0) is 17.7. The number of rotatable bonds is 3. The summed E-state index contributed by atoms with van der Waals surface area (Å²) in [5, 5.41) is 19.9. The number of carboxylic acids is 1. The van der Waals surface area contributed by atoms with Crippen molar-refractivity contribution in [2.45, 2.75) is 72.6 Å². The van der Waals surface area contributed by atoms with E-state index in [9.17, 15) is 15.0 Å². The quantitative estimate of drug-likeness (QED) is 0.793. The SMILES string of the molecule is CC(C)[C@H]1C[C@@H]2CC[C@@H]3[C@](C)(CCC[C@@]3(C)C(=O)O)[C@@H]2C[C@@H]1CO. The molecule has 2 N–H and O–H groups in total. The molecule has 3 aliphatic carbocycles. The first-order valence-electron chi connectivity index (χ1n) is 10.1. The summed E-state index contributed by atoms with van der Waals surface area (Å²) in [4.78, 5) is 12.1. The Labute approximate surface area is 147 Å². The van der Waals surface area contributed by atoms with E-state index in [1.807, 2.05) is 6.92 Å². The van der Waals surface area contributed by atoms with E-state index in [0.29, 0.717) is 36.2 Å². The van der Waals surface area contributed by atoms with Crippen molar-refractivity contribution >= 4 is 5.97 Å². The van der Waals surface area contributed by atoms with Crippen LogP contribution >= 0.6 is 0 Å². The van der Waals surface area contributed by atoms with Gasteiger partial charge < -0.3 is 10.2 Å². The van der Waals surface area contributed by atoms with Crippen LogP contribution < -0.4 is 0 Å². The van der Waals surface area contributed by atoms with Crippen LogP contribution in [0, 0.1) is 46.3 Å². The van der Waals surface area contributed by atoms with Crippen LogP contribution in [0.3, 0.4) is 0 Å². The molecular formula is C21H36O3. The molecule has 0 heterocycles. The summed E-state index contributed by atoms with van der Waals surface area (Å²) in [5.74, 6) is 2.70. The molecule has 0 amide bonds. The molecule has 24 heavy (non-hydrogen) atoms. The Morgan fingerprint density at radius 1 is 1.17 bits per heavy atom. The van der Waals surface area contributed by atoms with Crippen molar-refractivity contribution in [3.8, 4) is 0 Å². The topological polar surface area (TPSA) is 57.5 Å². The fourth-order valence-electron chi connectivity index (χ4n) is 7.19. The second kappa shape index (κ2) is 6.30. The lowest BCUT2D eigenvalue weighted by atomic mass is 9.43. The van der Waals surface area contributed by atoms with E-state index >= 15 is 0 Å². The average Bonchev–Trinajstić information content (AvgIpc) is 2.53. The van der Waals surface area contributed by atoms with E-state index in [4.69, 9.17) is 0 Å². The van der Waals surface area contributed by atoms with Crippen LogP contribution in [0.5, 0.6) is 0 Å². The lowest BCUT2D eigenvalue weighted by molar-refractivity contribution is -0.176. The van der Waals surface area contributed by atoms with Gasteiger partial charge in [-0.3, -0.25) is 4.79 Å². The summed E-state index contributed by atoms with van der Waals surface area (Å²) in [6.07, 6.45) is 7.65. The molecule has 0 aromatic heterocycles. The van der Waals surface area contributed by atoms with Crippen LogP contribution in [-0.4, -0.2) is 22.8 Å². The number of hydrogen-bond donors (Lipinski definition) is 2. The molecule has 3 aliphatic rings. The summed E-state index contributed by atoms with van der Waals surface area (Å²) in [6, 6.07) is 0. The van der Waals surface area contributed by atoms with Crippen LogP contribution in [0.4, 0.5) is 0 Å². The molecule has 0 bridgehead atoms. The number of aliphatic hydroxyl groups excluding tert-OH is 1. The Hall–Kier alpha value is -0.570. The van der Waals surface area contributed by atoms with Gasteiger partial charge in [0.15, 0.2) is 0 Å². The van der Waals surface area contributed by atoms with Crippen LogP contribution in [-0.2, 0) is 4.79 Å². The van der Waals surface area contributed by atoms with Crippen LogP contribution in [0.25, 0.3) is 0 Å². The van der Waals surface area contributed by atoms with Crippen molar-refractivity contribution in [3.05, 3.63) is 0 Å². The largest absolute Gasteiger partial charge is 0.481 e. The molecule has 0 unspecified atom stereocenters. The van der Waals surface area contributed by atoms with Gasteiger partial charge in [-0.15, -0.1) is 0 Å². The van der Waals surface area contributed by atoms with Gasteiger partial charge in [0.25, 0.3) is 0 Å². The third-order valence-corrected chi connectivity index (χ3v) is 8.54. The molecule has 3 rings (SSSR count). The van der Waals surface area contributed by atoms with E-state index in [1.54, 1.807) is 0 Å².